The number of alkyl halides is 2. The van der Waals surface area contributed by atoms with Gasteiger partial charge in [-0.2, -0.15) is 9.78 Å². The highest BCUT2D eigenvalue weighted by atomic mass is 19.3. The fourth-order valence-electron chi connectivity index (χ4n) is 2.79. The second-order valence-corrected chi connectivity index (χ2v) is 7.18. The molecule has 4 heterocycles. The molecule has 0 amide bonds. The summed E-state index contributed by atoms with van der Waals surface area (Å²) < 4.78 is 34.3. The van der Waals surface area contributed by atoms with E-state index in [1.54, 1.807) is 29.9 Å². The molecule has 4 rings (SSSR count). The molecule has 0 radical (unpaired) electrons. The summed E-state index contributed by atoms with van der Waals surface area (Å²) >= 11 is 0. The Morgan fingerprint density at radius 3 is 2.39 bits per heavy atom. The molecule has 0 aromatic carbocycles. The lowest BCUT2D eigenvalue weighted by molar-refractivity contribution is 0.151. The van der Waals surface area contributed by atoms with E-state index in [0.29, 0.717) is 34.8 Å². The van der Waals surface area contributed by atoms with Gasteiger partial charge in [-0.25, -0.2) is 18.4 Å². The van der Waals surface area contributed by atoms with Gasteiger partial charge in [0.1, 0.15) is 12.3 Å². The first-order valence-electron chi connectivity index (χ1n) is 9.59. The third-order valence-electron chi connectivity index (χ3n) is 4.68. The fraction of sp³-hybridized carbons (Fsp3) is 0.300. The smallest absolute Gasteiger partial charge is 0.265 e. The number of pyridine rings is 1. The third-order valence-corrected chi connectivity index (χ3v) is 4.68. The zero-order chi connectivity index (χ0) is 22.0. The van der Waals surface area contributed by atoms with Gasteiger partial charge in [0, 0.05) is 24.0 Å². The van der Waals surface area contributed by atoms with Crippen LogP contribution in [0, 0.1) is 6.92 Å². The predicted molar refractivity (Wildman–Crippen MR) is 106 cm³/mol. The second kappa shape index (κ2) is 8.54. The topological polar surface area (TPSA) is 96.4 Å². The monoisotopic (exact) mass is 426 g/mol. The van der Waals surface area contributed by atoms with Crippen molar-refractivity contribution in [1.29, 1.82) is 0 Å². The molecule has 31 heavy (non-hydrogen) atoms. The highest BCUT2D eigenvalue weighted by Gasteiger charge is 2.15. The minimum absolute atomic E-state index is 0.102. The maximum absolute atomic E-state index is 12.8. The zero-order valence-corrected chi connectivity index (χ0v) is 17.1. The number of ether oxygens (including phenoxy) is 1. The van der Waals surface area contributed by atoms with Crippen molar-refractivity contribution < 1.29 is 13.5 Å². The van der Waals surface area contributed by atoms with E-state index in [1.807, 2.05) is 6.20 Å². The van der Waals surface area contributed by atoms with Crippen molar-refractivity contribution in [2.75, 3.05) is 0 Å². The molecule has 0 unspecified atom stereocenters. The summed E-state index contributed by atoms with van der Waals surface area (Å²) in [5.74, 6) is 1.62. The first-order valence-corrected chi connectivity index (χ1v) is 9.59. The summed E-state index contributed by atoms with van der Waals surface area (Å²) in [6.07, 6.45) is 2.25. The van der Waals surface area contributed by atoms with E-state index in [-0.39, 0.29) is 12.2 Å². The average Bonchev–Trinajstić information content (AvgIpc) is 3.40. The van der Waals surface area contributed by atoms with Crippen LogP contribution in [0.1, 0.15) is 48.7 Å². The van der Waals surface area contributed by atoms with Gasteiger partial charge >= 0.3 is 0 Å². The maximum atomic E-state index is 12.8. The van der Waals surface area contributed by atoms with Crippen LogP contribution in [0.5, 0.6) is 5.88 Å². The van der Waals surface area contributed by atoms with E-state index < -0.39 is 6.43 Å². The van der Waals surface area contributed by atoms with Crippen LogP contribution in [-0.2, 0) is 6.61 Å². The molecule has 0 saturated carbocycles. The average molecular weight is 426 g/mol. The Balaban J connectivity index is 1.47. The minimum Gasteiger partial charge on any atom is -0.470 e. The Kier molecular flexibility index (Phi) is 5.65. The minimum atomic E-state index is -2.58. The van der Waals surface area contributed by atoms with E-state index in [1.165, 1.54) is 16.8 Å². The lowest BCUT2D eigenvalue weighted by Gasteiger charge is -2.09. The van der Waals surface area contributed by atoms with Gasteiger partial charge in [-0.05, 0) is 36.6 Å². The summed E-state index contributed by atoms with van der Waals surface area (Å²) in [7, 11) is 0. The lowest BCUT2D eigenvalue weighted by Crippen LogP contribution is -2.09. The lowest BCUT2D eigenvalue weighted by atomic mass is 10.1. The Labute approximate surface area is 176 Å². The largest absolute Gasteiger partial charge is 0.470 e. The van der Waals surface area contributed by atoms with E-state index in [2.05, 4.69) is 44.4 Å². The van der Waals surface area contributed by atoms with Crippen LogP contribution in [0.4, 0.5) is 8.78 Å². The molecule has 0 spiro atoms. The van der Waals surface area contributed by atoms with Crippen molar-refractivity contribution in [3.05, 3.63) is 65.4 Å². The molecule has 9 nitrogen and oxygen atoms in total. The molecule has 0 saturated heterocycles. The molecule has 4 aromatic heterocycles. The van der Waals surface area contributed by atoms with Gasteiger partial charge in [-0.3, -0.25) is 0 Å². The van der Waals surface area contributed by atoms with Crippen LogP contribution < -0.4 is 4.74 Å². The molecular formula is C20H20F2N8O. The van der Waals surface area contributed by atoms with E-state index in [9.17, 15) is 8.78 Å². The van der Waals surface area contributed by atoms with Crippen LogP contribution in [0.25, 0.3) is 11.6 Å². The van der Waals surface area contributed by atoms with Crippen LogP contribution in [0.2, 0.25) is 0 Å². The zero-order valence-electron chi connectivity index (χ0n) is 17.1. The van der Waals surface area contributed by atoms with Crippen LogP contribution >= 0.6 is 0 Å². The summed E-state index contributed by atoms with van der Waals surface area (Å²) in [5.41, 5.74) is 2.19. The number of rotatable bonds is 7. The van der Waals surface area contributed by atoms with Crippen LogP contribution in [0.3, 0.4) is 0 Å². The summed E-state index contributed by atoms with van der Waals surface area (Å²) in [5, 5.41) is 20.6. The van der Waals surface area contributed by atoms with E-state index >= 15 is 0 Å². The second-order valence-electron chi connectivity index (χ2n) is 7.18. The van der Waals surface area contributed by atoms with Crippen molar-refractivity contribution in [2.24, 2.45) is 0 Å². The SMILES string of the molecule is Cc1nnn(-c2ccc(C(F)F)cn2)c1COc1ccc(-n2cc(C(C)C)cn2)nn1. The number of hydrogen-bond donors (Lipinski definition) is 0. The highest BCUT2D eigenvalue weighted by molar-refractivity contribution is 5.29. The number of hydrogen-bond acceptors (Lipinski definition) is 7. The van der Waals surface area contributed by atoms with E-state index in [0.717, 1.165) is 11.8 Å². The van der Waals surface area contributed by atoms with Gasteiger partial charge in [-0.15, -0.1) is 15.3 Å². The van der Waals surface area contributed by atoms with Crippen LogP contribution in [0.15, 0.2) is 42.9 Å². The summed E-state index contributed by atoms with van der Waals surface area (Å²) in [4.78, 5) is 4.05. The van der Waals surface area contributed by atoms with Gasteiger partial charge in [0.25, 0.3) is 6.43 Å². The third kappa shape index (κ3) is 4.39. The van der Waals surface area contributed by atoms with Gasteiger partial charge < -0.3 is 4.74 Å². The van der Waals surface area contributed by atoms with E-state index in [4.69, 9.17) is 4.74 Å². The first kappa shape index (κ1) is 20.5. The van der Waals surface area contributed by atoms with Gasteiger partial charge in [0.2, 0.25) is 5.88 Å². The molecule has 0 aliphatic heterocycles. The Morgan fingerprint density at radius 2 is 1.77 bits per heavy atom. The van der Waals surface area contributed by atoms with Crippen molar-refractivity contribution in [3.63, 3.8) is 0 Å². The molecule has 0 bridgehead atoms. The van der Waals surface area contributed by atoms with Gasteiger partial charge in [0.05, 0.1) is 11.9 Å². The normalized spacial score (nSPS) is 11.5. The molecular weight excluding hydrogens is 406 g/mol. The molecule has 0 atom stereocenters. The van der Waals surface area contributed by atoms with Crippen LogP contribution in [-0.4, -0.2) is 40.0 Å². The molecule has 4 aromatic rings. The number of aryl methyl sites for hydroxylation is 1. The quantitative estimate of drug-likeness (QED) is 0.446. The number of aromatic nitrogens is 8. The van der Waals surface area contributed by atoms with Crippen molar-refractivity contribution in [1.82, 2.24) is 40.0 Å². The van der Waals surface area contributed by atoms with Crippen molar-refractivity contribution in [3.8, 4) is 17.5 Å². The fourth-order valence-corrected chi connectivity index (χ4v) is 2.79. The van der Waals surface area contributed by atoms with Crippen molar-refractivity contribution >= 4 is 0 Å². The Morgan fingerprint density at radius 1 is 0.968 bits per heavy atom. The molecule has 0 aliphatic rings. The molecule has 160 valence electrons. The number of halogens is 2. The Bertz CT molecular complexity index is 1150. The first-order chi connectivity index (χ1) is 14.9. The summed E-state index contributed by atoms with van der Waals surface area (Å²) in [6.45, 7) is 6.06. The number of nitrogens with zero attached hydrogens (tertiary/aromatic N) is 8. The molecule has 0 N–H and O–H groups in total. The highest BCUT2D eigenvalue weighted by Crippen LogP contribution is 2.20. The molecule has 0 aliphatic carbocycles. The Hall–Kier alpha value is -3.76. The molecule has 11 heteroatoms. The predicted octanol–water partition coefficient (Wildman–Crippen LogP) is 3.59. The summed E-state index contributed by atoms with van der Waals surface area (Å²) in [6, 6.07) is 6.22. The standard InChI is InChI=1S/C20H20F2N8O/c1-12(2)15-9-24-29(10-15)18-6-7-19(27-26-18)31-11-16-13(3)25-28-30(16)17-5-4-14(8-23-17)20(21)22/h4-10,12,20H,11H2,1-3H3. The maximum Gasteiger partial charge on any atom is 0.265 e. The van der Waals surface area contributed by atoms with Gasteiger partial charge in [-0.1, -0.05) is 19.1 Å². The van der Waals surface area contributed by atoms with Crippen molar-refractivity contribution in [2.45, 2.75) is 39.7 Å². The van der Waals surface area contributed by atoms with Gasteiger partial charge in [0.15, 0.2) is 11.6 Å². The molecule has 0 fully saturated rings.